The van der Waals surface area contributed by atoms with Crippen LogP contribution in [0.5, 0.6) is 0 Å². The third-order valence-electron chi connectivity index (χ3n) is 3.73. The molecule has 1 saturated carbocycles. The minimum Gasteiger partial charge on any atom is -0.369 e. The Morgan fingerprint density at radius 3 is 2.37 bits per heavy atom. The second-order valence-electron chi connectivity index (χ2n) is 5.81. The van der Waals surface area contributed by atoms with E-state index in [1.807, 2.05) is 12.1 Å². The number of rotatable bonds is 7. The lowest BCUT2D eigenvalue weighted by atomic mass is 10.1. The van der Waals surface area contributed by atoms with Crippen LogP contribution in [0.3, 0.4) is 0 Å². The second-order valence-corrected chi connectivity index (χ2v) is 6.24. The molecule has 1 fully saturated rings. The maximum atomic E-state index is 6.21. The van der Waals surface area contributed by atoms with Gasteiger partial charge < -0.3 is 10.1 Å². The molecule has 1 aromatic carbocycles. The first-order valence-electron chi connectivity index (χ1n) is 7.20. The van der Waals surface area contributed by atoms with Gasteiger partial charge in [0.1, 0.15) is 0 Å². The van der Waals surface area contributed by atoms with E-state index < -0.39 is 0 Å². The van der Waals surface area contributed by atoms with Crippen molar-refractivity contribution in [1.29, 1.82) is 0 Å². The lowest BCUT2D eigenvalue weighted by molar-refractivity contribution is -0.0261. The van der Waals surface area contributed by atoms with Crippen molar-refractivity contribution < 1.29 is 4.74 Å². The van der Waals surface area contributed by atoms with Crippen LogP contribution in [-0.2, 0) is 4.74 Å². The zero-order chi connectivity index (χ0) is 13.8. The van der Waals surface area contributed by atoms with Gasteiger partial charge in [-0.25, -0.2) is 0 Å². The van der Waals surface area contributed by atoms with Crippen molar-refractivity contribution in [2.75, 3.05) is 6.54 Å². The van der Waals surface area contributed by atoms with Gasteiger partial charge in [0.15, 0.2) is 0 Å². The van der Waals surface area contributed by atoms with Gasteiger partial charge in [0.2, 0.25) is 0 Å². The van der Waals surface area contributed by atoms with Crippen LogP contribution in [0.2, 0.25) is 5.02 Å². The standard InChI is InChI=1S/C16H24ClNO/c1-11(2)12(3)19-16(10-18-15-8-9-15)13-4-6-14(17)7-5-13/h4-7,11-12,15-16,18H,8-10H2,1-3H3. The maximum Gasteiger partial charge on any atom is 0.0953 e. The van der Waals surface area contributed by atoms with Gasteiger partial charge >= 0.3 is 0 Å². The van der Waals surface area contributed by atoms with Crippen molar-refractivity contribution in [1.82, 2.24) is 5.32 Å². The van der Waals surface area contributed by atoms with Crippen molar-refractivity contribution in [3.8, 4) is 0 Å². The van der Waals surface area contributed by atoms with Crippen LogP contribution in [0.1, 0.15) is 45.3 Å². The lowest BCUT2D eigenvalue weighted by Gasteiger charge is -2.25. The molecule has 0 spiro atoms. The summed E-state index contributed by atoms with van der Waals surface area (Å²) in [7, 11) is 0. The molecule has 2 rings (SSSR count). The number of ether oxygens (including phenoxy) is 1. The lowest BCUT2D eigenvalue weighted by Crippen LogP contribution is -2.29. The van der Waals surface area contributed by atoms with E-state index in [9.17, 15) is 0 Å². The van der Waals surface area contributed by atoms with Gasteiger partial charge in [-0.15, -0.1) is 0 Å². The summed E-state index contributed by atoms with van der Waals surface area (Å²) in [6, 6.07) is 8.70. The summed E-state index contributed by atoms with van der Waals surface area (Å²) >= 11 is 5.95. The fourth-order valence-electron chi connectivity index (χ4n) is 1.90. The molecule has 0 amide bonds. The number of benzene rings is 1. The van der Waals surface area contributed by atoms with Crippen molar-refractivity contribution in [2.45, 2.75) is 51.9 Å². The summed E-state index contributed by atoms with van der Waals surface area (Å²) in [5.41, 5.74) is 1.20. The molecule has 19 heavy (non-hydrogen) atoms. The van der Waals surface area contributed by atoms with Crippen LogP contribution in [0.4, 0.5) is 0 Å². The van der Waals surface area contributed by atoms with Gasteiger partial charge in [-0.3, -0.25) is 0 Å². The largest absolute Gasteiger partial charge is 0.369 e. The Hall–Kier alpha value is -0.570. The molecule has 2 atom stereocenters. The van der Waals surface area contributed by atoms with Crippen molar-refractivity contribution >= 4 is 11.6 Å². The molecular weight excluding hydrogens is 258 g/mol. The summed E-state index contributed by atoms with van der Waals surface area (Å²) in [5.74, 6) is 0.524. The predicted octanol–water partition coefficient (Wildman–Crippen LogP) is 4.19. The van der Waals surface area contributed by atoms with E-state index >= 15 is 0 Å². The third-order valence-corrected chi connectivity index (χ3v) is 3.98. The smallest absolute Gasteiger partial charge is 0.0953 e. The van der Waals surface area contributed by atoms with Gasteiger partial charge in [-0.05, 0) is 43.4 Å². The molecule has 0 bridgehead atoms. The molecule has 0 saturated heterocycles. The quantitative estimate of drug-likeness (QED) is 0.809. The molecule has 1 aliphatic carbocycles. The molecular formula is C16H24ClNO. The molecule has 1 N–H and O–H groups in total. The summed E-state index contributed by atoms with van der Waals surface area (Å²) in [6.07, 6.45) is 2.96. The van der Waals surface area contributed by atoms with E-state index in [0.717, 1.165) is 11.6 Å². The summed E-state index contributed by atoms with van der Waals surface area (Å²) < 4.78 is 6.21. The zero-order valence-electron chi connectivity index (χ0n) is 12.0. The first-order chi connectivity index (χ1) is 9.06. The highest BCUT2D eigenvalue weighted by molar-refractivity contribution is 6.30. The minimum atomic E-state index is 0.107. The zero-order valence-corrected chi connectivity index (χ0v) is 12.8. The molecule has 106 valence electrons. The molecule has 0 heterocycles. The normalized spacial score (nSPS) is 18.6. The molecule has 1 aliphatic rings. The predicted molar refractivity (Wildman–Crippen MR) is 80.6 cm³/mol. The Morgan fingerprint density at radius 2 is 1.84 bits per heavy atom. The average molecular weight is 282 g/mol. The highest BCUT2D eigenvalue weighted by Gasteiger charge is 2.24. The van der Waals surface area contributed by atoms with Crippen LogP contribution < -0.4 is 5.32 Å². The van der Waals surface area contributed by atoms with Gasteiger partial charge in [0.25, 0.3) is 0 Å². The highest BCUT2D eigenvalue weighted by Crippen LogP contribution is 2.25. The summed E-state index contributed by atoms with van der Waals surface area (Å²) in [6.45, 7) is 7.41. The Balaban J connectivity index is 2.00. The molecule has 2 nitrogen and oxygen atoms in total. The average Bonchev–Trinajstić information content (AvgIpc) is 3.19. The van der Waals surface area contributed by atoms with Crippen LogP contribution in [0.25, 0.3) is 0 Å². The summed E-state index contributed by atoms with van der Waals surface area (Å²) in [4.78, 5) is 0. The second kappa shape index (κ2) is 6.74. The van der Waals surface area contributed by atoms with E-state index in [0.29, 0.717) is 12.0 Å². The van der Waals surface area contributed by atoms with Gasteiger partial charge in [-0.2, -0.15) is 0 Å². The van der Waals surface area contributed by atoms with E-state index in [4.69, 9.17) is 16.3 Å². The van der Waals surface area contributed by atoms with Crippen molar-refractivity contribution in [3.05, 3.63) is 34.9 Å². The molecule has 0 radical (unpaired) electrons. The Bertz CT molecular complexity index is 386. The fourth-order valence-corrected chi connectivity index (χ4v) is 2.03. The third kappa shape index (κ3) is 4.79. The molecule has 3 heteroatoms. The van der Waals surface area contributed by atoms with Crippen molar-refractivity contribution in [3.63, 3.8) is 0 Å². The monoisotopic (exact) mass is 281 g/mol. The van der Waals surface area contributed by atoms with Crippen LogP contribution in [0, 0.1) is 5.92 Å². The van der Waals surface area contributed by atoms with Gasteiger partial charge in [-0.1, -0.05) is 37.6 Å². The topological polar surface area (TPSA) is 21.3 Å². The Labute approximate surface area is 121 Å². The van der Waals surface area contributed by atoms with E-state index in [1.54, 1.807) is 0 Å². The molecule has 1 aromatic rings. The minimum absolute atomic E-state index is 0.107. The highest BCUT2D eigenvalue weighted by atomic mass is 35.5. The Morgan fingerprint density at radius 1 is 1.21 bits per heavy atom. The fraction of sp³-hybridized carbons (Fsp3) is 0.625. The molecule has 0 aromatic heterocycles. The Kier molecular flexibility index (Phi) is 5.26. The van der Waals surface area contributed by atoms with Gasteiger partial charge in [0.05, 0.1) is 12.2 Å². The number of nitrogens with one attached hydrogen (secondary N) is 1. The maximum absolute atomic E-state index is 6.21. The summed E-state index contributed by atoms with van der Waals surface area (Å²) in [5, 5.41) is 4.33. The number of hydrogen-bond donors (Lipinski definition) is 1. The van der Waals surface area contributed by atoms with E-state index in [1.165, 1.54) is 18.4 Å². The SMILES string of the molecule is CC(C)C(C)OC(CNC1CC1)c1ccc(Cl)cc1. The first kappa shape index (κ1) is 14.8. The molecule has 2 unspecified atom stereocenters. The number of halogens is 1. The van der Waals surface area contributed by atoms with Crippen LogP contribution in [-0.4, -0.2) is 18.7 Å². The number of hydrogen-bond acceptors (Lipinski definition) is 2. The van der Waals surface area contributed by atoms with E-state index in [-0.39, 0.29) is 12.2 Å². The van der Waals surface area contributed by atoms with Crippen LogP contribution in [0.15, 0.2) is 24.3 Å². The van der Waals surface area contributed by atoms with Crippen molar-refractivity contribution in [2.24, 2.45) is 5.92 Å². The van der Waals surface area contributed by atoms with Gasteiger partial charge in [0, 0.05) is 17.6 Å². The molecule has 0 aliphatic heterocycles. The van der Waals surface area contributed by atoms with E-state index in [2.05, 4.69) is 38.2 Å². The first-order valence-corrected chi connectivity index (χ1v) is 7.58. The van der Waals surface area contributed by atoms with Crippen LogP contribution >= 0.6 is 11.6 Å².